The minimum absolute atomic E-state index is 0.535. The highest BCUT2D eigenvalue weighted by molar-refractivity contribution is 5.87. The van der Waals surface area contributed by atoms with Gasteiger partial charge in [-0.05, 0) is 24.6 Å². The number of benzene rings is 1. The highest BCUT2D eigenvalue weighted by Crippen LogP contribution is 2.21. The van der Waals surface area contributed by atoms with E-state index in [1.165, 1.54) is 0 Å². The van der Waals surface area contributed by atoms with Crippen LogP contribution < -0.4 is 0 Å². The normalized spacial score (nSPS) is 9.94. The molecular formula is C14H11NO2. The van der Waals surface area contributed by atoms with Crippen LogP contribution in [0, 0.1) is 6.92 Å². The summed E-state index contributed by atoms with van der Waals surface area (Å²) in [5.41, 5.74) is 3.42. The molecule has 0 aliphatic heterocycles. The molecule has 0 aliphatic carbocycles. The summed E-state index contributed by atoms with van der Waals surface area (Å²) in [6, 6.07) is 8.82. The average Bonchev–Trinajstić information content (AvgIpc) is 2.38. The van der Waals surface area contributed by atoms with E-state index in [9.17, 15) is 9.59 Å². The molecule has 17 heavy (non-hydrogen) atoms. The lowest BCUT2D eigenvalue weighted by atomic mass is 10.0. The zero-order chi connectivity index (χ0) is 12.3. The number of aryl methyl sites for hydroxylation is 1. The summed E-state index contributed by atoms with van der Waals surface area (Å²) < 4.78 is 0. The van der Waals surface area contributed by atoms with Gasteiger partial charge >= 0.3 is 0 Å². The molecule has 0 aliphatic rings. The number of aldehydes is 2. The Morgan fingerprint density at radius 3 is 2.65 bits per heavy atom. The molecule has 3 heteroatoms. The van der Waals surface area contributed by atoms with Crippen molar-refractivity contribution < 1.29 is 9.59 Å². The molecule has 2 aromatic rings. The quantitative estimate of drug-likeness (QED) is 0.754. The third-order valence-corrected chi connectivity index (χ3v) is 2.48. The van der Waals surface area contributed by atoms with Crippen molar-refractivity contribution in [1.29, 1.82) is 0 Å². The summed E-state index contributed by atoms with van der Waals surface area (Å²) in [4.78, 5) is 26.0. The van der Waals surface area contributed by atoms with Crippen LogP contribution in [-0.4, -0.2) is 17.6 Å². The highest BCUT2D eigenvalue weighted by atomic mass is 16.1. The summed E-state index contributed by atoms with van der Waals surface area (Å²) >= 11 is 0. The lowest BCUT2D eigenvalue weighted by molar-refractivity contribution is 0.111. The van der Waals surface area contributed by atoms with Gasteiger partial charge in [-0.25, -0.2) is 0 Å². The van der Waals surface area contributed by atoms with Crippen molar-refractivity contribution in [3.63, 3.8) is 0 Å². The first-order chi connectivity index (χ1) is 8.24. The van der Waals surface area contributed by atoms with E-state index in [-0.39, 0.29) is 0 Å². The van der Waals surface area contributed by atoms with Crippen LogP contribution in [0.1, 0.15) is 26.3 Å². The SMILES string of the molecule is Cc1cnc(-c2cccc(C=O)c2)c(C=O)c1. The molecule has 0 saturated heterocycles. The van der Waals surface area contributed by atoms with Crippen molar-refractivity contribution in [3.05, 3.63) is 53.2 Å². The maximum absolute atomic E-state index is 11.0. The van der Waals surface area contributed by atoms with Gasteiger partial charge in [0.15, 0.2) is 6.29 Å². The monoisotopic (exact) mass is 225 g/mol. The number of hydrogen-bond donors (Lipinski definition) is 0. The van der Waals surface area contributed by atoms with Crippen molar-refractivity contribution >= 4 is 12.6 Å². The largest absolute Gasteiger partial charge is 0.298 e. The zero-order valence-electron chi connectivity index (χ0n) is 9.38. The molecule has 0 radical (unpaired) electrons. The maximum Gasteiger partial charge on any atom is 0.152 e. The Bertz CT molecular complexity index is 576. The van der Waals surface area contributed by atoms with Crippen LogP contribution in [0.15, 0.2) is 36.5 Å². The second-order valence-electron chi connectivity index (χ2n) is 3.81. The Morgan fingerprint density at radius 2 is 1.94 bits per heavy atom. The Hall–Kier alpha value is -2.29. The molecular weight excluding hydrogens is 214 g/mol. The van der Waals surface area contributed by atoms with E-state index in [1.54, 1.807) is 30.5 Å². The molecule has 0 atom stereocenters. The van der Waals surface area contributed by atoms with Crippen LogP contribution in [0.5, 0.6) is 0 Å². The fourth-order valence-corrected chi connectivity index (χ4v) is 1.68. The fourth-order valence-electron chi connectivity index (χ4n) is 1.68. The van der Waals surface area contributed by atoms with E-state index >= 15 is 0 Å². The lowest BCUT2D eigenvalue weighted by Gasteiger charge is -2.05. The molecule has 0 amide bonds. The minimum atomic E-state index is 0.535. The van der Waals surface area contributed by atoms with Gasteiger partial charge in [0.2, 0.25) is 0 Å². The van der Waals surface area contributed by atoms with Gasteiger partial charge in [-0.15, -0.1) is 0 Å². The third-order valence-electron chi connectivity index (χ3n) is 2.48. The number of hydrogen-bond acceptors (Lipinski definition) is 3. The highest BCUT2D eigenvalue weighted by Gasteiger charge is 2.06. The number of pyridine rings is 1. The number of rotatable bonds is 3. The predicted octanol–water partition coefficient (Wildman–Crippen LogP) is 2.68. The summed E-state index contributed by atoms with van der Waals surface area (Å²) in [7, 11) is 0. The van der Waals surface area contributed by atoms with Crippen molar-refractivity contribution in [1.82, 2.24) is 4.98 Å². The van der Waals surface area contributed by atoms with E-state index in [0.717, 1.165) is 23.7 Å². The standard InChI is InChI=1S/C14H11NO2/c1-10-5-13(9-17)14(15-7-10)12-4-2-3-11(6-12)8-16/h2-9H,1H3. The van der Waals surface area contributed by atoms with E-state index in [1.807, 2.05) is 13.0 Å². The number of aromatic nitrogens is 1. The van der Waals surface area contributed by atoms with Crippen molar-refractivity contribution in [2.75, 3.05) is 0 Å². The second kappa shape index (κ2) is 4.70. The maximum atomic E-state index is 11.0. The zero-order valence-corrected chi connectivity index (χ0v) is 9.38. The smallest absolute Gasteiger partial charge is 0.152 e. The fraction of sp³-hybridized carbons (Fsp3) is 0.0714. The van der Waals surface area contributed by atoms with Crippen molar-refractivity contribution in [2.24, 2.45) is 0 Å². The van der Waals surface area contributed by atoms with Gasteiger partial charge < -0.3 is 0 Å². The molecule has 2 rings (SSSR count). The first-order valence-electron chi connectivity index (χ1n) is 5.22. The lowest BCUT2D eigenvalue weighted by Crippen LogP contribution is -1.93. The van der Waals surface area contributed by atoms with E-state index in [4.69, 9.17) is 0 Å². The van der Waals surface area contributed by atoms with Crippen LogP contribution in [0.2, 0.25) is 0 Å². The molecule has 0 N–H and O–H groups in total. The van der Waals surface area contributed by atoms with Gasteiger partial charge in [0.1, 0.15) is 6.29 Å². The van der Waals surface area contributed by atoms with Gasteiger partial charge in [-0.1, -0.05) is 18.2 Å². The van der Waals surface area contributed by atoms with Crippen molar-refractivity contribution in [3.8, 4) is 11.3 Å². The van der Waals surface area contributed by atoms with Crippen LogP contribution in [0.25, 0.3) is 11.3 Å². The summed E-state index contributed by atoms with van der Waals surface area (Å²) in [6.45, 7) is 1.88. The second-order valence-corrected chi connectivity index (χ2v) is 3.81. The Balaban J connectivity index is 2.59. The molecule has 0 saturated carbocycles. The molecule has 84 valence electrons. The van der Waals surface area contributed by atoms with Crippen LogP contribution >= 0.6 is 0 Å². The van der Waals surface area contributed by atoms with Crippen molar-refractivity contribution in [2.45, 2.75) is 6.92 Å². The van der Waals surface area contributed by atoms with Gasteiger partial charge in [-0.3, -0.25) is 14.6 Å². The Labute approximate surface area is 99.1 Å². The average molecular weight is 225 g/mol. The molecule has 3 nitrogen and oxygen atoms in total. The molecule has 0 fully saturated rings. The third kappa shape index (κ3) is 2.28. The van der Waals surface area contributed by atoms with E-state index in [0.29, 0.717) is 16.8 Å². The molecule has 0 spiro atoms. The first-order valence-corrected chi connectivity index (χ1v) is 5.22. The minimum Gasteiger partial charge on any atom is -0.298 e. The first kappa shape index (κ1) is 11.2. The molecule has 0 bridgehead atoms. The number of carbonyl (C=O) groups excluding carboxylic acids is 2. The molecule has 1 aromatic carbocycles. The molecule has 1 heterocycles. The van der Waals surface area contributed by atoms with Crippen LogP contribution in [0.4, 0.5) is 0 Å². The van der Waals surface area contributed by atoms with Crippen LogP contribution in [0.3, 0.4) is 0 Å². The number of nitrogens with zero attached hydrogens (tertiary/aromatic N) is 1. The van der Waals surface area contributed by atoms with Gasteiger partial charge in [-0.2, -0.15) is 0 Å². The Morgan fingerprint density at radius 1 is 1.12 bits per heavy atom. The topological polar surface area (TPSA) is 47.0 Å². The summed E-state index contributed by atoms with van der Waals surface area (Å²) in [5, 5.41) is 0. The Kier molecular flexibility index (Phi) is 3.10. The summed E-state index contributed by atoms with van der Waals surface area (Å²) in [6.07, 6.45) is 3.26. The number of carbonyl (C=O) groups is 2. The molecule has 0 unspecified atom stereocenters. The van der Waals surface area contributed by atoms with E-state index < -0.39 is 0 Å². The van der Waals surface area contributed by atoms with Crippen LogP contribution in [-0.2, 0) is 0 Å². The molecule has 1 aromatic heterocycles. The van der Waals surface area contributed by atoms with Gasteiger partial charge in [0.05, 0.1) is 5.69 Å². The van der Waals surface area contributed by atoms with E-state index in [2.05, 4.69) is 4.98 Å². The van der Waals surface area contributed by atoms with Gasteiger partial charge in [0, 0.05) is 22.9 Å². The predicted molar refractivity (Wildman–Crippen MR) is 65.2 cm³/mol. The van der Waals surface area contributed by atoms with Gasteiger partial charge in [0.25, 0.3) is 0 Å². The summed E-state index contributed by atoms with van der Waals surface area (Å²) in [5.74, 6) is 0.